The highest BCUT2D eigenvalue weighted by Gasteiger charge is 2.25. The average molecular weight is 210 g/mol. The summed E-state index contributed by atoms with van der Waals surface area (Å²) in [6.45, 7) is 9.49. The first-order chi connectivity index (χ1) is 7.03. The summed E-state index contributed by atoms with van der Waals surface area (Å²) in [6.07, 6.45) is 11.8. The summed E-state index contributed by atoms with van der Waals surface area (Å²) >= 11 is 0. The molecule has 1 atom stereocenters. The molecule has 0 bridgehead atoms. The topological polar surface area (TPSA) is 0 Å². The van der Waals surface area contributed by atoms with Crippen molar-refractivity contribution >= 4 is 0 Å². The Bertz CT molecular complexity index is 157. The van der Waals surface area contributed by atoms with Crippen molar-refractivity contribution in [2.45, 2.75) is 79.1 Å². The monoisotopic (exact) mass is 210 g/mol. The fourth-order valence-corrected chi connectivity index (χ4v) is 3.03. The Morgan fingerprint density at radius 1 is 1.07 bits per heavy atom. The van der Waals surface area contributed by atoms with E-state index in [9.17, 15) is 0 Å². The molecular weight excluding hydrogens is 180 g/mol. The number of hydrogen-bond donors (Lipinski definition) is 0. The lowest BCUT2D eigenvalue weighted by Gasteiger charge is -2.27. The lowest BCUT2D eigenvalue weighted by molar-refractivity contribution is 0.246. The van der Waals surface area contributed by atoms with Crippen LogP contribution in [0.25, 0.3) is 0 Å². The van der Waals surface area contributed by atoms with Crippen LogP contribution in [0.15, 0.2) is 0 Å². The minimum Gasteiger partial charge on any atom is -0.0654 e. The number of rotatable bonds is 5. The molecule has 0 heterocycles. The Morgan fingerprint density at radius 2 is 1.67 bits per heavy atom. The molecule has 0 heteroatoms. The second kappa shape index (κ2) is 5.92. The van der Waals surface area contributed by atoms with Gasteiger partial charge in [0.1, 0.15) is 0 Å². The lowest BCUT2D eigenvalue weighted by atomic mass is 9.79. The fraction of sp³-hybridized carbons (Fsp3) is 1.00. The third kappa shape index (κ3) is 5.04. The molecule has 1 aliphatic carbocycles. The van der Waals surface area contributed by atoms with E-state index >= 15 is 0 Å². The summed E-state index contributed by atoms with van der Waals surface area (Å²) < 4.78 is 0. The van der Waals surface area contributed by atoms with E-state index in [1.54, 1.807) is 0 Å². The third-order valence-corrected chi connectivity index (χ3v) is 3.99. The van der Waals surface area contributed by atoms with Gasteiger partial charge in [-0.05, 0) is 30.1 Å². The highest BCUT2D eigenvalue weighted by atomic mass is 14.3. The van der Waals surface area contributed by atoms with Gasteiger partial charge in [-0.25, -0.2) is 0 Å². The minimum atomic E-state index is 0.532. The maximum absolute atomic E-state index is 2.38. The molecule has 90 valence electrons. The van der Waals surface area contributed by atoms with Crippen molar-refractivity contribution in [1.29, 1.82) is 0 Å². The smallest absolute Gasteiger partial charge is 0.0383 e. The SMILES string of the molecule is CCCC(CCC(C)(C)C)C1CCCC1. The molecule has 1 saturated carbocycles. The predicted molar refractivity (Wildman–Crippen MR) is 69.0 cm³/mol. The summed E-state index contributed by atoms with van der Waals surface area (Å²) in [5, 5.41) is 0. The first-order valence-corrected chi connectivity index (χ1v) is 7.03. The van der Waals surface area contributed by atoms with Crippen molar-refractivity contribution in [1.82, 2.24) is 0 Å². The van der Waals surface area contributed by atoms with Crippen LogP contribution in [0.5, 0.6) is 0 Å². The first-order valence-electron chi connectivity index (χ1n) is 7.03. The predicted octanol–water partition coefficient (Wildman–Crippen LogP) is 5.42. The highest BCUT2D eigenvalue weighted by Crippen LogP contribution is 2.38. The van der Waals surface area contributed by atoms with Gasteiger partial charge in [0, 0.05) is 0 Å². The van der Waals surface area contributed by atoms with Crippen LogP contribution in [-0.4, -0.2) is 0 Å². The van der Waals surface area contributed by atoms with Crippen LogP contribution >= 0.6 is 0 Å². The van der Waals surface area contributed by atoms with Gasteiger partial charge in [0.15, 0.2) is 0 Å². The molecule has 0 saturated heterocycles. The molecule has 0 nitrogen and oxygen atoms in total. The molecule has 0 N–H and O–H groups in total. The Balaban J connectivity index is 2.35. The van der Waals surface area contributed by atoms with Crippen molar-refractivity contribution in [3.63, 3.8) is 0 Å². The zero-order valence-electron chi connectivity index (χ0n) is 11.3. The zero-order valence-corrected chi connectivity index (χ0v) is 11.3. The summed E-state index contributed by atoms with van der Waals surface area (Å²) in [5.74, 6) is 2.11. The Hall–Kier alpha value is 0. The van der Waals surface area contributed by atoms with Gasteiger partial charge in [-0.15, -0.1) is 0 Å². The molecule has 1 fully saturated rings. The Labute approximate surface area is 96.8 Å². The Morgan fingerprint density at radius 3 is 2.13 bits per heavy atom. The van der Waals surface area contributed by atoms with Gasteiger partial charge in [0.05, 0.1) is 0 Å². The molecule has 0 aromatic heterocycles. The molecule has 1 aliphatic rings. The maximum atomic E-state index is 2.38. The maximum Gasteiger partial charge on any atom is -0.0383 e. The van der Waals surface area contributed by atoms with Gasteiger partial charge >= 0.3 is 0 Å². The van der Waals surface area contributed by atoms with Crippen LogP contribution in [0.1, 0.15) is 79.1 Å². The van der Waals surface area contributed by atoms with Gasteiger partial charge in [-0.2, -0.15) is 0 Å². The summed E-state index contributed by atoms with van der Waals surface area (Å²) in [7, 11) is 0. The third-order valence-electron chi connectivity index (χ3n) is 3.99. The normalized spacial score (nSPS) is 20.8. The van der Waals surface area contributed by atoms with Gasteiger partial charge in [-0.1, -0.05) is 66.2 Å². The average Bonchev–Trinajstić information content (AvgIpc) is 2.63. The van der Waals surface area contributed by atoms with Crippen molar-refractivity contribution in [2.75, 3.05) is 0 Å². The van der Waals surface area contributed by atoms with Gasteiger partial charge < -0.3 is 0 Å². The van der Waals surface area contributed by atoms with Gasteiger partial charge in [0.25, 0.3) is 0 Å². The fourth-order valence-electron chi connectivity index (χ4n) is 3.03. The largest absolute Gasteiger partial charge is 0.0654 e. The summed E-state index contributed by atoms with van der Waals surface area (Å²) in [5.41, 5.74) is 0.532. The zero-order chi connectivity index (χ0) is 11.3. The number of hydrogen-bond acceptors (Lipinski definition) is 0. The molecule has 15 heavy (non-hydrogen) atoms. The summed E-state index contributed by atoms with van der Waals surface area (Å²) in [4.78, 5) is 0. The van der Waals surface area contributed by atoms with E-state index in [0.29, 0.717) is 5.41 Å². The van der Waals surface area contributed by atoms with E-state index in [1.165, 1.54) is 51.4 Å². The van der Waals surface area contributed by atoms with E-state index in [0.717, 1.165) is 11.8 Å². The van der Waals surface area contributed by atoms with E-state index in [2.05, 4.69) is 27.7 Å². The van der Waals surface area contributed by atoms with Crippen LogP contribution in [-0.2, 0) is 0 Å². The molecule has 0 aliphatic heterocycles. The van der Waals surface area contributed by atoms with Crippen LogP contribution in [0, 0.1) is 17.3 Å². The van der Waals surface area contributed by atoms with E-state index in [4.69, 9.17) is 0 Å². The van der Waals surface area contributed by atoms with Crippen LogP contribution < -0.4 is 0 Å². The standard InChI is InChI=1S/C15H30/c1-5-8-13(11-12-15(2,3)4)14-9-6-7-10-14/h13-14H,5-12H2,1-4H3. The second-order valence-electron chi connectivity index (χ2n) is 6.69. The molecule has 1 unspecified atom stereocenters. The van der Waals surface area contributed by atoms with E-state index in [-0.39, 0.29) is 0 Å². The van der Waals surface area contributed by atoms with E-state index < -0.39 is 0 Å². The van der Waals surface area contributed by atoms with Crippen molar-refractivity contribution in [2.24, 2.45) is 17.3 Å². The highest BCUT2D eigenvalue weighted by molar-refractivity contribution is 4.77. The molecule has 0 spiro atoms. The van der Waals surface area contributed by atoms with Crippen molar-refractivity contribution < 1.29 is 0 Å². The van der Waals surface area contributed by atoms with Crippen LogP contribution in [0.3, 0.4) is 0 Å². The molecule has 0 aromatic rings. The molecular formula is C15H30. The summed E-state index contributed by atoms with van der Waals surface area (Å²) in [6, 6.07) is 0. The quantitative estimate of drug-likeness (QED) is 0.568. The first kappa shape index (κ1) is 13.1. The minimum absolute atomic E-state index is 0.532. The van der Waals surface area contributed by atoms with E-state index in [1.807, 2.05) is 0 Å². The van der Waals surface area contributed by atoms with Gasteiger partial charge in [0.2, 0.25) is 0 Å². The molecule has 1 rings (SSSR count). The van der Waals surface area contributed by atoms with Crippen LogP contribution in [0.2, 0.25) is 0 Å². The molecule has 0 amide bonds. The van der Waals surface area contributed by atoms with Gasteiger partial charge in [-0.3, -0.25) is 0 Å². The Kier molecular flexibility index (Phi) is 5.15. The second-order valence-corrected chi connectivity index (χ2v) is 6.69. The van der Waals surface area contributed by atoms with Crippen LogP contribution in [0.4, 0.5) is 0 Å². The lowest BCUT2D eigenvalue weighted by Crippen LogP contribution is -2.15. The molecule has 0 radical (unpaired) electrons. The van der Waals surface area contributed by atoms with Crippen molar-refractivity contribution in [3.05, 3.63) is 0 Å². The molecule has 0 aromatic carbocycles. The van der Waals surface area contributed by atoms with Crippen molar-refractivity contribution in [3.8, 4) is 0 Å².